The van der Waals surface area contributed by atoms with Crippen LogP contribution in [0.3, 0.4) is 0 Å². The van der Waals surface area contributed by atoms with E-state index >= 15 is 0 Å². The molecule has 0 unspecified atom stereocenters. The molecule has 2 aromatic rings. The Balaban J connectivity index is 2.14. The summed E-state index contributed by atoms with van der Waals surface area (Å²) in [6, 6.07) is 10.1. The Labute approximate surface area is 110 Å². The molecule has 94 valence electrons. The second-order valence-corrected chi connectivity index (χ2v) is 4.44. The van der Waals surface area contributed by atoms with E-state index in [0.717, 1.165) is 5.56 Å². The molecule has 18 heavy (non-hydrogen) atoms. The van der Waals surface area contributed by atoms with Crippen molar-refractivity contribution >= 4 is 17.3 Å². The van der Waals surface area contributed by atoms with Crippen molar-refractivity contribution in [2.45, 2.75) is 13.5 Å². The molecule has 2 N–H and O–H groups in total. The third-order valence-corrected chi connectivity index (χ3v) is 2.92. The van der Waals surface area contributed by atoms with Crippen molar-refractivity contribution < 1.29 is 9.13 Å². The Hall–Kier alpha value is -1.74. The number of hydrogen-bond donors (Lipinski definition) is 1. The Kier molecular flexibility index (Phi) is 3.72. The van der Waals surface area contributed by atoms with Crippen LogP contribution in [0, 0.1) is 12.7 Å². The summed E-state index contributed by atoms with van der Waals surface area (Å²) in [6.07, 6.45) is 0. The van der Waals surface area contributed by atoms with E-state index in [-0.39, 0.29) is 11.6 Å². The molecule has 2 nitrogen and oxygen atoms in total. The van der Waals surface area contributed by atoms with Gasteiger partial charge in [0, 0.05) is 0 Å². The third-order valence-electron chi connectivity index (χ3n) is 2.61. The normalized spacial score (nSPS) is 10.4. The lowest BCUT2D eigenvalue weighted by Gasteiger charge is -2.11. The second kappa shape index (κ2) is 5.27. The van der Waals surface area contributed by atoms with Crippen LogP contribution in [0.25, 0.3) is 0 Å². The number of rotatable bonds is 3. The number of halogens is 2. The molecule has 2 aromatic carbocycles. The van der Waals surface area contributed by atoms with Gasteiger partial charge in [0.1, 0.15) is 18.2 Å². The fourth-order valence-electron chi connectivity index (χ4n) is 1.66. The van der Waals surface area contributed by atoms with E-state index in [2.05, 4.69) is 0 Å². The van der Waals surface area contributed by atoms with Crippen molar-refractivity contribution in [2.24, 2.45) is 0 Å². The standard InChI is InChI=1S/C14H13ClFNO/c1-9-3-2-4-13(17)14(9)18-8-10-5-6-11(15)12(16)7-10/h2-7H,8,17H2,1H3. The smallest absolute Gasteiger partial charge is 0.145 e. The number of nitrogens with two attached hydrogens (primary N) is 1. The molecule has 0 saturated carbocycles. The van der Waals surface area contributed by atoms with Gasteiger partial charge in [0.05, 0.1) is 10.7 Å². The topological polar surface area (TPSA) is 35.2 Å². The molecular formula is C14H13ClFNO. The van der Waals surface area contributed by atoms with Crippen molar-refractivity contribution in [3.63, 3.8) is 0 Å². The summed E-state index contributed by atoms with van der Waals surface area (Å²) in [5, 5.41) is 0.106. The maximum Gasteiger partial charge on any atom is 0.145 e. The zero-order valence-corrected chi connectivity index (χ0v) is 10.7. The van der Waals surface area contributed by atoms with Gasteiger partial charge in [0.15, 0.2) is 0 Å². The van der Waals surface area contributed by atoms with Crippen molar-refractivity contribution in [3.05, 3.63) is 58.4 Å². The summed E-state index contributed by atoms with van der Waals surface area (Å²) in [5.74, 6) is 0.184. The Bertz CT molecular complexity index is 551. The minimum Gasteiger partial charge on any atom is -0.486 e. The van der Waals surface area contributed by atoms with Gasteiger partial charge >= 0.3 is 0 Å². The highest BCUT2D eigenvalue weighted by Crippen LogP contribution is 2.26. The molecule has 0 heterocycles. The lowest BCUT2D eigenvalue weighted by Crippen LogP contribution is -2.00. The highest BCUT2D eigenvalue weighted by molar-refractivity contribution is 6.30. The average Bonchev–Trinajstić information content (AvgIpc) is 2.33. The van der Waals surface area contributed by atoms with Gasteiger partial charge in [-0.05, 0) is 36.2 Å². The molecule has 4 heteroatoms. The first kappa shape index (κ1) is 12.7. The predicted molar refractivity (Wildman–Crippen MR) is 71.3 cm³/mol. The molecule has 0 aliphatic heterocycles. The first-order valence-electron chi connectivity index (χ1n) is 5.50. The Morgan fingerprint density at radius 3 is 2.72 bits per heavy atom. The molecule has 0 amide bonds. The average molecular weight is 266 g/mol. The molecule has 0 spiro atoms. The van der Waals surface area contributed by atoms with E-state index in [1.165, 1.54) is 12.1 Å². The van der Waals surface area contributed by atoms with Crippen LogP contribution in [0.15, 0.2) is 36.4 Å². The van der Waals surface area contributed by atoms with Crippen LogP contribution in [0.2, 0.25) is 5.02 Å². The van der Waals surface area contributed by atoms with E-state index in [4.69, 9.17) is 22.1 Å². The lowest BCUT2D eigenvalue weighted by molar-refractivity contribution is 0.305. The van der Waals surface area contributed by atoms with Crippen LogP contribution in [-0.2, 0) is 6.61 Å². The number of hydrogen-bond acceptors (Lipinski definition) is 2. The minimum absolute atomic E-state index is 0.106. The number of aryl methyl sites for hydroxylation is 1. The van der Waals surface area contributed by atoms with E-state index in [9.17, 15) is 4.39 Å². The quantitative estimate of drug-likeness (QED) is 0.853. The van der Waals surface area contributed by atoms with Gasteiger partial charge < -0.3 is 10.5 Å². The van der Waals surface area contributed by atoms with Crippen LogP contribution < -0.4 is 10.5 Å². The first-order chi connectivity index (χ1) is 8.58. The summed E-state index contributed by atoms with van der Waals surface area (Å²) < 4.78 is 18.9. The van der Waals surface area contributed by atoms with Gasteiger partial charge in [-0.3, -0.25) is 0 Å². The van der Waals surface area contributed by atoms with Gasteiger partial charge in [0.25, 0.3) is 0 Å². The van der Waals surface area contributed by atoms with Crippen molar-refractivity contribution in [2.75, 3.05) is 5.73 Å². The Morgan fingerprint density at radius 2 is 2.06 bits per heavy atom. The van der Waals surface area contributed by atoms with Crippen LogP contribution in [-0.4, -0.2) is 0 Å². The minimum atomic E-state index is -0.449. The monoisotopic (exact) mass is 265 g/mol. The van der Waals surface area contributed by atoms with Crippen LogP contribution >= 0.6 is 11.6 Å². The van der Waals surface area contributed by atoms with Crippen molar-refractivity contribution in [1.82, 2.24) is 0 Å². The van der Waals surface area contributed by atoms with Crippen LogP contribution in [0.4, 0.5) is 10.1 Å². The van der Waals surface area contributed by atoms with E-state index in [1.807, 2.05) is 19.1 Å². The zero-order chi connectivity index (χ0) is 13.1. The molecule has 2 rings (SSSR count). The van der Waals surface area contributed by atoms with Gasteiger partial charge in [-0.25, -0.2) is 4.39 Å². The zero-order valence-electron chi connectivity index (χ0n) is 9.91. The molecular weight excluding hydrogens is 253 g/mol. The van der Waals surface area contributed by atoms with E-state index < -0.39 is 5.82 Å². The summed E-state index contributed by atoms with van der Waals surface area (Å²) in [5.41, 5.74) is 8.05. The summed E-state index contributed by atoms with van der Waals surface area (Å²) >= 11 is 5.61. The fraction of sp³-hybridized carbons (Fsp3) is 0.143. The van der Waals surface area contributed by atoms with Gasteiger partial charge in [0.2, 0.25) is 0 Å². The molecule has 0 bridgehead atoms. The molecule has 0 aromatic heterocycles. The number of nitrogen functional groups attached to an aromatic ring is 1. The molecule has 0 fully saturated rings. The van der Waals surface area contributed by atoms with E-state index in [1.54, 1.807) is 12.1 Å². The SMILES string of the molecule is Cc1cccc(N)c1OCc1ccc(Cl)c(F)c1. The molecule has 0 aliphatic carbocycles. The van der Waals surface area contributed by atoms with Crippen molar-refractivity contribution in [3.8, 4) is 5.75 Å². The van der Waals surface area contributed by atoms with E-state index in [0.29, 0.717) is 17.0 Å². The van der Waals surface area contributed by atoms with Gasteiger partial charge in [-0.15, -0.1) is 0 Å². The maximum atomic E-state index is 13.3. The third kappa shape index (κ3) is 2.74. The predicted octanol–water partition coefficient (Wildman–Crippen LogP) is 3.95. The highest BCUT2D eigenvalue weighted by Gasteiger charge is 2.06. The number of para-hydroxylation sites is 1. The number of anilines is 1. The molecule has 0 aliphatic rings. The highest BCUT2D eigenvalue weighted by atomic mass is 35.5. The summed E-state index contributed by atoms with van der Waals surface area (Å²) in [6.45, 7) is 2.16. The second-order valence-electron chi connectivity index (χ2n) is 4.03. The van der Waals surface area contributed by atoms with Crippen molar-refractivity contribution in [1.29, 1.82) is 0 Å². The molecule has 0 radical (unpaired) electrons. The summed E-state index contributed by atoms with van der Waals surface area (Å²) in [4.78, 5) is 0. The van der Waals surface area contributed by atoms with Gasteiger partial charge in [-0.2, -0.15) is 0 Å². The van der Waals surface area contributed by atoms with Crippen LogP contribution in [0.1, 0.15) is 11.1 Å². The number of benzene rings is 2. The number of ether oxygens (including phenoxy) is 1. The summed E-state index contributed by atoms with van der Waals surface area (Å²) in [7, 11) is 0. The Morgan fingerprint density at radius 1 is 1.28 bits per heavy atom. The largest absolute Gasteiger partial charge is 0.486 e. The van der Waals surface area contributed by atoms with Crippen LogP contribution in [0.5, 0.6) is 5.75 Å². The van der Waals surface area contributed by atoms with Gasteiger partial charge in [-0.1, -0.05) is 29.8 Å². The fourth-order valence-corrected chi connectivity index (χ4v) is 1.77. The molecule has 0 saturated heterocycles. The lowest BCUT2D eigenvalue weighted by atomic mass is 10.2. The maximum absolute atomic E-state index is 13.3. The molecule has 0 atom stereocenters. The first-order valence-corrected chi connectivity index (χ1v) is 5.87.